The van der Waals surface area contributed by atoms with Crippen LogP contribution in [0.4, 0.5) is 14.9 Å². The van der Waals surface area contributed by atoms with Gasteiger partial charge in [-0.1, -0.05) is 30.3 Å². The van der Waals surface area contributed by atoms with Gasteiger partial charge >= 0.3 is 6.09 Å². The molecule has 1 fully saturated rings. The lowest BCUT2D eigenvalue weighted by molar-refractivity contribution is 0.181. The minimum absolute atomic E-state index is 0.241. The van der Waals surface area contributed by atoms with Crippen molar-refractivity contribution in [2.75, 3.05) is 18.1 Å². The van der Waals surface area contributed by atoms with Crippen LogP contribution in [0.25, 0.3) is 11.1 Å². The van der Waals surface area contributed by atoms with Gasteiger partial charge in [-0.25, -0.2) is 9.18 Å². The quantitative estimate of drug-likeness (QED) is 0.832. The number of rotatable bonds is 2. The van der Waals surface area contributed by atoms with Gasteiger partial charge in [-0.05, 0) is 31.0 Å². The molecule has 1 aliphatic heterocycles. The number of aryl methyl sites for hydroxylation is 1. The molecule has 0 radical (unpaired) electrons. The lowest BCUT2D eigenvalue weighted by atomic mass is 9.98. The summed E-state index contributed by atoms with van der Waals surface area (Å²) in [5.74, 6) is -0.241. The number of hydrogen-bond donors (Lipinski definition) is 0. The molecule has 108 valence electrons. The lowest BCUT2D eigenvalue weighted by Gasteiger charge is -2.18. The van der Waals surface area contributed by atoms with Gasteiger partial charge in [-0.2, -0.15) is 0 Å². The Morgan fingerprint density at radius 2 is 1.86 bits per heavy atom. The highest BCUT2D eigenvalue weighted by Crippen LogP contribution is 2.35. The van der Waals surface area contributed by atoms with Crippen LogP contribution in [0, 0.1) is 19.7 Å². The standard InChI is InChI=1S/C17H16FNO2/c1-11-7-8-14(16(18)12(11)2)13-5-3-4-6-15(13)19-9-10-21-17(19)20/h3-8H,9-10H2,1-2H3. The molecule has 3 nitrogen and oxygen atoms in total. The summed E-state index contributed by atoms with van der Waals surface area (Å²) in [6.45, 7) is 4.50. The zero-order chi connectivity index (χ0) is 15.0. The number of anilines is 1. The van der Waals surface area contributed by atoms with Crippen molar-refractivity contribution >= 4 is 11.8 Å². The molecule has 4 heteroatoms. The van der Waals surface area contributed by atoms with Gasteiger partial charge in [0.25, 0.3) is 0 Å². The third kappa shape index (κ3) is 2.27. The number of carbonyl (C=O) groups is 1. The monoisotopic (exact) mass is 285 g/mol. The Morgan fingerprint density at radius 3 is 2.57 bits per heavy atom. The molecule has 0 atom stereocenters. The van der Waals surface area contributed by atoms with E-state index in [4.69, 9.17) is 4.74 Å². The van der Waals surface area contributed by atoms with Gasteiger partial charge in [0.1, 0.15) is 12.4 Å². The fourth-order valence-electron chi connectivity index (χ4n) is 2.54. The van der Waals surface area contributed by atoms with E-state index >= 15 is 0 Å². The fourth-order valence-corrected chi connectivity index (χ4v) is 2.54. The maximum atomic E-state index is 14.6. The first-order valence-electron chi connectivity index (χ1n) is 6.89. The van der Waals surface area contributed by atoms with E-state index in [-0.39, 0.29) is 11.9 Å². The number of cyclic esters (lactones) is 1. The van der Waals surface area contributed by atoms with Crippen LogP contribution < -0.4 is 4.90 Å². The minimum Gasteiger partial charge on any atom is -0.447 e. The first kappa shape index (κ1) is 13.6. The van der Waals surface area contributed by atoms with Crippen molar-refractivity contribution in [3.63, 3.8) is 0 Å². The summed E-state index contributed by atoms with van der Waals surface area (Å²) < 4.78 is 19.6. The molecule has 1 heterocycles. The van der Waals surface area contributed by atoms with Crippen LogP contribution in [-0.4, -0.2) is 19.2 Å². The number of benzene rings is 2. The van der Waals surface area contributed by atoms with Gasteiger partial charge in [-0.15, -0.1) is 0 Å². The van der Waals surface area contributed by atoms with Crippen LogP contribution in [0.5, 0.6) is 0 Å². The van der Waals surface area contributed by atoms with Gasteiger partial charge in [0.15, 0.2) is 0 Å². The summed E-state index contributed by atoms with van der Waals surface area (Å²) >= 11 is 0. The summed E-state index contributed by atoms with van der Waals surface area (Å²) in [5, 5.41) is 0. The van der Waals surface area contributed by atoms with Gasteiger partial charge < -0.3 is 4.74 Å². The number of amides is 1. The second kappa shape index (κ2) is 5.20. The predicted octanol–water partition coefficient (Wildman–Crippen LogP) is 4.07. The topological polar surface area (TPSA) is 29.5 Å². The average Bonchev–Trinajstić information content (AvgIpc) is 2.91. The van der Waals surface area contributed by atoms with Crippen LogP contribution in [-0.2, 0) is 4.74 Å². The van der Waals surface area contributed by atoms with E-state index in [1.807, 2.05) is 37.3 Å². The molecular weight excluding hydrogens is 269 g/mol. The van der Waals surface area contributed by atoms with Crippen LogP contribution >= 0.6 is 0 Å². The van der Waals surface area contributed by atoms with E-state index in [0.717, 1.165) is 5.56 Å². The van der Waals surface area contributed by atoms with Crippen molar-refractivity contribution in [1.82, 2.24) is 0 Å². The third-order valence-corrected chi connectivity index (χ3v) is 3.90. The predicted molar refractivity (Wildman–Crippen MR) is 80.0 cm³/mol. The number of ether oxygens (including phenoxy) is 1. The van der Waals surface area contributed by atoms with Crippen molar-refractivity contribution in [1.29, 1.82) is 0 Å². The maximum absolute atomic E-state index is 14.6. The molecule has 1 aliphatic rings. The first-order valence-corrected chi connectivity index (χ1v) is 6.89. The molecule has 0 bridgehead atoms. The van der Waals surface area contributed by atoms with Crippen molar-refractivity contribution in [3.05, 3.63) is 53.3 Å². The van der Waals surface area contributed by atoms with E-state index in [1.54, 1.807) is 17.9 Å². The second-order valence-electron chi connectivity index (χ2n) is 5.15. The van der Waals surface area contributed by atoms with Crippen LogP contribution in [0.1, 0.15) is 11.1 Å². The highest BCUT2D eigenvalue weighted by atomic mass is 19.1. The zero-order valence-corrected chi connectivity index (χ0v) is 12.0. The van der Waals surface area contributed by atoms with Crippen molar-refractivity contribution in [3.8, 4) is 11.1 Å². The van der Waals surface area contributed by atoms with E-state index in [2.05, 4.69) is 0 Å². The van der Waals surface area contributed by atoms with Gasteiger partial charge in [-0.3, -0.25) is 4.90 Å². The summed E-state index contributed by atoms with van der Waals surface area (Å²) in [7, 11) is 0. The number of halogens is 1. The molecule has 0 N–H and O–H groups in total. The Labute approximate surface area is 123 Å². The van der Waals surface area contributed by atoms with Crippen molar-refractivity contribution < 1.29 is 13.9 Å². The van der Waals surface area contributed by atoms with Gasteiger partial charge in [0.2, 0.25) is 0 Å². The van der Waals surface area contributed by atoms with E-state index < -0.39 is 0 Å². The third-order valence-electron chi connectivity index (χ3n) is 3.90. The van der Waals surface area contributed by atoms with E-state index in [0.29, 0.717) is 35.5 Å². The Morgan fingerprint density at radius 1 is 1.10 bits per heavy atom. The van der Waals surface area contributed by atoms with Gasteiger partial charge in [0.05, 0.1) is 12.2 Å². The normalized spacial score (nSPS) is 14.4. The summed E-state index contributed by atoms with van der Waals surface area (Å²) in [6, 6.07) is 11.0. The van der Waals surface area contributed by atoms with Crippen molar-refractivity contribution in [2.45, 2.75) is 13.8 Å². The number of nitrogens with zero attached hydrogens (tertiary/aromatic N) is 1. The smallest absolute Gasteiger partial charge is 0.414 e. The number of carbonyl (C=O) groups excluding carboxylic acids is 1. The molecule has 21 heavy (non-hydrogen) atoms. The fraction of sp³-hybridized carbons (Fsp3) is 0.235. The Bertz CT molecular complexity index is 712. The SMILES string of the molecule is Cc1ccc(-c2ccccc2N2CCOC2=O)c(F)c1C. The molecule has 2 aromatic rings. The molecular formula is C17H16FNO2. The summed E-state index contributed by atoms with van der Waals surface area (Å²) in [4.78, 5) is 13.3. The van der Waals surface area contributed by atoms with E-state index in [9.17, 15) is 9.18 Å². The maximum Gasteiger partial charge on any atom is 0.414 e. The minimum atomic E-state index is -0.383. The molecule has 0 saturated carbocycles. The molecule has 1 saturated heterocycles. The largest absolute Gasteiger partial charge is 0.447 e. The molecule has 0 unspecified atom stereocenters. The molecule has 2 aromatic carbocycles. The molecule has 0 spiro atoms. The van der Waals surface area contributed by atoms with Crippen LogP contribution in [0.15, 0.2) is 36.4 Å². The van der Waals surface area contributed by atoms with Crippen LogP contribution in [0.2, 0.25) is 0 Å². The Hall–Kier alpha value is -2.36. The molecule has 3 rings (SSSR count). The van der Waals surface area contributed by atoms with Gasteiger partial charge in [0, 0.05) is 11.1 Å². The lowest BCUT2D eigenvalue weighted by Crippen LogP contribution is -2.24. The second-order valence-corrected chi connectivity index (χ2v) is 5.15. The first-order chi connectivity index (χ1) is 10.1. The molecule has 0 aromatic heterocycles. The molecule has 1 amide bonds. The highest BCUT2D eigenvalue weighted by Gasteiger charge is 2.26. The summed E-state index contributed by atoms with van der Waals surface area (Å²) in [5.41, 5.74) is 3.44. The number of hydrogen-bond acceptors (Lipinski definition) is 2. The molecule has 0 aliphatic carbocycles. The summed E-state index contributed by atoms with van der Waals surface area (Å²) in [6.07, 6.45) is -0.383. The average molecular weight is 285 g/mol. The number of para-hydroxylation sites is 1. The Kier molecular flexibility index (Phi) is 3.37. The highest BCUT2D eigenvalue weighted by molar-refractivity contribution is 5.95. The van der Waals surface area contributed by atoms with Crippen LogP contribution in [0.3, 0.4) is 0 Å². The zero-order valence-electron chi connectivity index (χ0n) is 12.0. The Balaban J connectivity index is 2.16. The van der Waals surface area contributed by atoms with Crippen molar-refractivity contribution in [2.24, 2.45) is 0 Å². The van der Waals surface area contributed by atoms with E-state index in [1.165, 1.54) is 0 Å².